The van der Waals surface area contributed by atoms with Crippen molar-refractivity contribution in [3.05, 3.63) is 0 Å². The second-order valence-corrected chi connectivity index (χ2v) is 6.93. The third-order valence-electron chi connectivity index (χ3n) is 4.12. The van der Waals surface area contributed by atoms with E-state index in [1.165, 1.54) is 26.7 Å². The van der Waals surface area contributed by atoms with Gasteiger partial charge in [-0.2, -0.15) is 13.2 Å². The second-order valence-electron chi connectivity index (χ2n) is 6.93. The molecule has 19 heavy (non-hydrogen) atoms. The van der Waals surface area contributed by atoms with Gasteiger partial charge in [-0.05, 0) is 24.7 Å². The lowest BCUT2D eigenvalue weighted by molar-refractivity contribution is -0.222. The van der Waals surface area contributed by atoms with Crippen molar-refractivity contribution in [2.24, 2.45) is 10.8 Å². The van der Waals surface area contributed by atoms with Crippen molar-refractivity contribution in [1.29, 1.82) is 0 Å². The van der Waals surface area contributed by atoms with Crippen LogP contribution in [0.15, 0.2) is 0 Å². The average molecular weight is 280 g/mol. The van der Waals surface area contributed by atoms with Crippen LogP contribution >= 0.6 is 0 Å². The molecule has 3 heteroatoms. The lowest BCUT2D eigenvalue weighted by Crippen LogP contribution is -2.37. The molecule has 0 radical (unpaired) electrons. The van der Waals surface area contributed by atoms with Gasteiger partial charge in [-0.3, -0.25) is 0 Å². The molecule has 1 atom stereocenters. The maximum absolute atomic E-state index is 13.0. The Morgan fingerprint density at radius 3 is 1.74 bits per heavy atom. The molecule has 0 bridgehead atoms. The maximum Gasteiger partial charge on any atom is 0.393 e. The second kappa shape index (κ2) is 7.54. The monoisotopic (exact) mass is 280 g/mol. The number of halogens is 3. The van der Waals surface area contributed by atoms with Crippen LogP contribution in [0.2, 0.25) is 0 Å². The highest BCUT2D eigenvalue weighted by molar-refractivity contribution is 4.86. The number of rotatable bonds is 9. The summed E-state index contributed by atoms with van der Waals surface area (Å²) in [5.74, 6) is 0. The van der Waals surface area contributed by atoms with Crippen LogP contribution in [-0.4, -0.2) is 6.18 Å². The topological polar surface area (TPSA) is 0 Å². The quantitative estimate of drug-likeness (QED) is 0.410. The standard InChI is InChI=1S/C16H31F3/c1-6-8-9-10-12-15(5,11-7-2)13-14(3,4)16(17,18)19/h6-13H2,1-5H3. The molecular formula is C16H31F3. The Balaban J connectivity index is 4.61. The summed E-state index contributed by atoms with van der Waals surface area (Å²) >= 11 is 0. The normalized spacial score (nSPS) is 16.4. The molecule has 0 spiro atoms. The Labute approximate surface area is 117 Å². The van der Waals surface area contributed by atoms with E-state index in [2.05, 4.69) is 13.8 Å². The first kappa shape index (κ1) is 18.8. The van der Waals surface area contributed by atoms with Gasteiger partial charge in [0.1, 0.15) is 0 Å². The summed E-state index contributed by atoms with van der Waals surface area (Å²) in [4.78, 5) is 0. The van der Waals surface area contributed by atoms with Crippen LogP contribution in [0.25, 0.3) is 0 Å². The van der Waals surface area contributed by atoms with Crippen molar-refractivity contribution >= 4 is 0 Å². The van der Waals surface area contributed by atoms with E-state index in [-0.39, 0.29) is 11.8 Å². The zero-order valence-electron chi connectivity index (χ0n) is 13.3. The van der Waals surface area contributed by atoms with Gasteiger partial charge in [-0.15, -0.1) is 0 Å². The van der Waals surface area contributed by atoms with Gasteiger partial charge in [0.15, 0.2) is 0 Å². The summed E-state index contributed by atoms with van der Waals surface area (Å²) < 4.78 is 39.1. The zero-order valence-corrected chi connectivity index (χ0v) is 13.3. The Morgan fingerprint density at radius 2 is 1.32 bits per heavy atom. The lowest BCUT2D eigenvalue weighted by atomic mass is 9.69. The summed E-state index contributed by atoms with van der Waals surface area (Å²) in [7, 11) is 0. The Hall–Kier alpha value is -0.210. The van der Waals surface area contributed by atoms with Crippen LogP contribution in [-0.2, 0) is 0 Å². The molecule has 0 heterocycles. The average Bonchev–Trinajstić information content (AvgIpc) is 2.22. The summed E-state index contributed by atoms with van der Waals surface area (Å²) in [6.07, 6.45) is 3.44. The van der Waals surface area contributed by atoms with Crippen molar-refractivity contribution in [1.82, 2.24) is 0 Å². The summed E-state index contributed by atoms with van der Waals surface area (Å²) in [6, 6.07) is 0. The van der Waals surface area contributed by atoms with Gasteiger partial charge in [-0.1, -0.05) is 66.7 Å². The lowest BCUT2D eigenvalue weighted by Gasteiger charge is -2.39. The van der Waals surface area contributed by atoms with Gasteiger partial charge in [0.2, 0.25) is 0 Å². The molecule has 0 aromatic carbocycles. The van der Waals surface area contributed by atoms with E-state index in [1.54, 1.807) is 0 Å². The first-order valence-electron chi connectivity index (χ1n) is 7.65. The smallest absolute Gasteiger partial charge is 0.171 e. The molecule has 0 fully saturated rings. The number of hydrogen-bond acceptors (Lipinski definition) is 0. The van der Waals surface area contributed by atoms with Gasteiger partial charge >= 0.3 is 6.18 Å². The molecule has 0 amide bonds. The van der Waals surface area contributed by atoms with Gasteiger partial charge < -0.3 is 0 Å². The third kappa shape index (κ3) is 6.67. The number of hydrogen-bond donors (Lipinski definition) is 0. The van der Waals surface area contributed by atoms with Crippen molar-refractivity contribution in [3.8, 4) is 0 Å². The largest absolute Gasteiger partial charge is 0.393 e. The van der Waals surface area contributed by atoms with Crippen LogP contribution < -0.4 is 0 Å². The fraction of sp³-hybridized carbons (Fsp3) is 1.00. The van der Waals surface area contributed by atoms with Gasteiger partial charge in [0, 0.05) is 0 Å². The Morgan fingerprint density at radius 1 is 0.737 bits per heavy atom. The highest BCUT2D eigenvalue weighted by Crippen LogP contribution is 2.49. The van der Waals surface area contributed by atoms with E-state index in [4.69, 9.17) is 0 Å². The predicted molar refractivity (Wildman–Crippen MR) is 76.2 cm³/mol. The molecule has 0 aliphatic heterocycles. The molecule has 0 saturated heterocycles. The van der Waals surface area contributed by atoms with Gasteiger partial charge in [-0.25, -0.2) is 0 Å². The first-order chi connectivity index (χ1) is 8.58. The van der Waals surface area contributed by atoms with E-state index in [9.17, 15) is 13.2 Å². The molecule has 0 aliphatic carbocycles. The van der Waals surface area contributed by atoms with Crippen LogP contribution in [0.1, 0.15) is 86.0 Å². The van der Waals surface area contributed by atoms with E-state index in [1.807, 2.05) is 6.92 Å². The number of alkyl halides is 3. The maximum atomic E-state index is 13.0. The first-order valence-corrected chi connectivity index (χ1v) is 7.65. The van der Waals surface area contributed by atoms with Crippen LogP contribution in [0.3, 0.4) is 0 Å². The molecule has 0 N–H and O–H groups in total. The van der Waals surface area contributed by atoms with Crippen LogP contribution in [0, 0.1) is 10.8 Å². The molecular weight excluding hydrogens is 249 g/mol. The van der Waals surface area contributed by atoms with Crippen LogP contribution in [0.5, 0.6) is 0 Å². The fourth-order valence-electron chi connectivity index (χ4n) is 3.05. The molecule has 0 aromatic heterocycles. The highest BCUT2D eigenvalue weighted by atomic mass is 19.4. The molecule has 0 aromatic rings. The van der Waals surface area contributed by atoms with Crippen molar-refractivity contribution in [3.63, 3.8) is 0 Å². The molecule has 1 unspecified atom stereocenters. The Bertz CT molecular complexity index is 243. The van der Waals surface area contributed by atoms with E-state index in [0.717, 1.165) is 32.1 Å². The molecule has 0 aliphatic rings. The minimum atomic E-state index is -4.11. The molecule has 0 nitrogen and oxygen atoms in total. The summed E-state index contributed by atoms with van der Waals surface area (Å²) in [5, 5.41) is 0. The van der Waals surface area contributed by atoms with Crippen molar-refractivity contribution in [2.45, 2.75) is 92.2 Å². The Kier molecular flexibility index (Phi) is 7.46. The van der Waals surface area contributed by atoms with Gasteiger partial charge in [0.05, 0.1) is 5.41 Å². The van der Waals surface area contributed by atoms with Crippen molar-refractivity contribution in [2.75, 3.05) is 0 Å². The van der Waals surface area contributed by atoms with Crippen molar-refractivity contribution < 1.29 is 13.2 Å². The van der Waals surface area contributed by atoms with E-state index in [0.29, 0.717) is 0 Å². The molecule has 0 saturated carbocycles. The summed E-state index contributed by atoms with van der Waals surface area (Å²) in [5.41, 5.74) is -1.76. The molecule has 0 rings (SSSR count). The van der Waals surface area contributed by atoms with Crippen LogP contribution in [0.4, 0.5) is 13.2 Å². The molecule has 116 valence electrons. The minimum absolute atomic E-state index is 0.179. The summed E-state index contributed by atoms with van der Waals surface area (Å²) in [6.45, 7) is 8.93. The van der Waals surface area contributed by atoms with E-state index >= 15 is 0 Å². The SMILES string of the molecule is CCCCCCC(C)(CCC)CC(C)(C)C(F)(F)F. The highest BCUT2D eigenvalue weighted by Gasteiger charge is 2.50. The minimum Gasteiger partial charge on any atom is -0.171 e. The third-order valence-corrected chi connectivity index (χ3v) is 4.12. The van der Waals surface area contributed by atoms with E-state index < -0.39 is 11.6 Å². The zero-order chi connectivity index (χ0) is 15.2. The number of unbranched alkanes of at least 4 members (excludes halogenated alkanes) is 3. The predicted octanol–water partition coefficient (Wildman–Crippen LogP) is 6.74. The van der Waals surface area contributed by atoms with Gasteiger partial charge in [0.25, 0.3) is 0 Å². The fourth-order valence-corrected chi connectivity index (χ4v) is 3.05.